The molecule has 1 heterocycles. The van der Waals surface area contributed by atoms with Gasteiger partial charge in [0.05, 0.1) is 20.1 Å². The van der Waals surface area contributed by atoms with Crippen molar-refractivity contribution in [1.29, 1.82) is 5.26 Å². The van der Waals surface area contributed by atoms with Crippen molar-refractivity contribution in [3.63, 3.8) is 0 Å². The van der Waals surface area contributed by atoms with Gasteiger partial charge in [0.15, 0.2) is 6.61 Å². The fraction of sp³-hybridized carbons (Fsp3) is 0.154. The number of carbonyl (C=O) groups is 1. The lowest BCUT2D eigenvalue weighted by Gasteiger charge is -2.28. The molecule has 0 aliphatic carbocycles. The summed E-state index contributed by atoms with van der Waals surface area (Å²) >= 11 is 5.92. The molecule has 0 saturated heterocycles. The van der Waals surface area contributed by atoms with Crippen LogP contribution in [0.1, 0.15) is 17.0 Å². The molecular formula is C26H21ClN2O6. The van der Waals surface area contributed by atoms with Gasteiger partial charge in [0.1, 0.15) is 40.4 Å². The molecule has 0 spiro atoms. The van der Waals surface area contributed by atoms with E-state index in [4.69, 9.17) is 41.0 Å². The molecule has 1 unspecified atom stereocenters. The zero-order valence-corrected chi connectivity index (χ0v) is 19.7. The number of nitrogens with two attached hydrogens (primary N) is 1. The van der Waals surface area contributed by atoms with Gasteiger partial charge < -0.3 is 29.4 Å². The first-order chi connectivity index (χ1) is 16.9. The molecule has 178 valence electrons. The Balaban J connectivity index is 1.61. The van der Waals surface area contributed by atoms with Crippen LogP contribution in [0.25, 0.3) is 0 Å². The van der Waals surface area contributed by atoms with E-state index in [0.29, 0.717) is 39.1 Å². The average Bonchev–Trinajstić information content (AvgIpc) is 2.86. The van der Waals surface area contributed by atoms with Gasteiger partial charge in [0.2, 0.25) is 5.88 Å². The number of methoxy groups -OCH3 is 2. The van der Waals surface area contributed by atoms with Crippen molar-refractivity contribution in [2.75, 3.05) is 20.8 Å². The number of hydrogen-bond donors (Lipinski definition) is 1. The first kappa shape index (κ1) is 23.8. The zero-order valence-electron chi connectivity index (χ0n) is 18.9. The lowest BCUT2D eigenvalue weighted by molar-refractivity contribution is -0.136. The highest BCUT2D eigenvalue weighted by atomic mass is 35.5. The van der Waals surface area contributed by atoms with E-state index in [1.807, 2.05) is 0 Å². The molecule has 35 heavy (non-hydrogen) atoms. The summed E-state index contributed by atoms with van der Waals surface area (Å²) in [6.45, 7) is -0.317. The normalized spacial score (nSPS) is 14.3. The van der Waals surface area contributed by atoms with E-state index in [9.17, 15) is 10.1 Å². The van der Waals surface area contributed by atoms with Crippen LogP contribution in [0.2, 0.25) is 5.02 Å². The van der Waals surface area contributed by atoms with Gasteiger partial charge in [0, 0.05) is 22.2 Å². The highest BCUT2D eigenvalue weighted by Gasteiger charge is 2.33. The fourth-order valence-electron chi connectivity index (χ4n) is 3.74. The van der Waals surface area contributed by atoms with Crippen molar-refractivity contribution in [3.8, 4) is 34.8 Å². The molecule has 1 aliphatic rings. The van der Waals surface area contributed by atoms with Crippen molar-refractivity contribution in [1.82, 2.24) is 0 Å². The number of benzene rings is 3. The Morgan fingerprint density at radius 2 is 1.83 bits per heavy atom. The first-order valence-corrected chi connectivity index (χ1v) is 10.8. The maximum atomic E-state index is 12.3. The van der Waals surface area contributed by atoms with Crippen molar-refractivity contribution in [2.24, 2.45) is 5.73 Å². The molecule has 1 aliphatic heterocycles. The van der Waals surface area contributed by atoms with Crippen molar-refractivity contribution in [2.45, 2.75) is 5.92 Å². The van der Waals surface area contributed by atoms with Crippen LogP contribution >= 0.6 is 11.6 Å². The second kappa shape index (κ2) is 10.3. The summed E-state index contributed by atoms with van der Waals surface area (Å²) in [5.41, 5.74) is 7.65. The summed E-state index contributed by atoms with van der Waals surface area (Å²) in [7, 11) is 3.09. The zero-order chi connectivity index (χ0) is 24.9. The van der Waals surface area contributed by atoms with Crippen LogP contribution in [0.3, 0.4) is 0 Å². The average molecular weight is 493 g/mol. The second-order valence-corrected chi connectivity index (χ2v) is 7.89. The van der Waals surface area contributed by atoms with Gasteiger partial charge >= 0.3 is 5.97 Å². The van der Waals surface area contributed by atoms with Crippen LogP contribution in [-0.2, 0) is 4.79 Å². The number of ether oxygens (including phenoxy) is 5. The predicted octanol–water partition coefficient (Wildman–Crippen LogP) is 4.56. The third-order valence-corrected chi connectivity index (χ3v) is 5.56. The molecule has 0 aromatic heterocycles. The molecule has 3 aromatic carbocycles. The molecule has 1 atom stereocenters. The lowest BCUT2D eigenvalue weighted by atomic mass is 9.83. The third-order valence-electron chi connectivity index (χ3n) is 5.32. The minimum absolute atomic E-state index is 0.0531. The Morgan fingerprint density at radius 1 is 1.03 bits per heavy atom. The van der Waals surface area contributed by atoms with E-state index >= 15 is 0 Å². The maximum absolute atomic E-state index is 12.3. The summed E-state index contributed by atoms with van der Waals surface area (Å²) in [5.74, 6) is 0.916. The number of nitriles is 1. The van der Waals surface area contributed by atoms with Crippen LogP contribution in [0, 0.1) is 11.3 Å². The van der Waals surface area contributed by atoms with Crippen LogP contribution in [0.15, 0.2) is 72.1 Å². The standard InChI is InChI=1S/C26H21ClN2O6/c1-31-16-7-9-22(32-2)20(11-16)25-19-8-6-18(12-23(19)35-26(29)21(25)13-28)34-24(30)14-33-17-5-3-4-15(27)10-17/h3-12,25H,14,29H2,1-2H3. The van der Waals surface area contributed by atoms with Gasteiger partial charge in [0.25, 0.3) is 0 Å². The van der Waals surface area contributed by atoms with E-state index < -0.39 is 11.9 Å². The number of allylic oxidation sites excluding steroid dienone is 1. The minimum Gasteiger partial charge on any atom is -0.497 e. The molecule has 4 rings (SSSR count). The summed E-state index contributed by atoms with van der Waals surface area (Å²) < 4.78 is 27.4. The van der Waals surface area contributed by atoms with E-state index in [1.54, 1.807) is 68.8 Å². The van der Waals surface area contributed by atoms with Gasteiger partial charge in [-0.05, 0) is 42.5 Å². The Hall–Kier alpha value is -4.35. The van der Waals surface area contributed by atoms with Crippen LogP contribution < -0.4 is 29.4 Å². The molecule has 9 heteroatoms. The van der Waals surface area contributed by atoms with E-state index in [1.165, 1.54) is 6.07 Å². The molecule has 2 N–H and O–H groups in total. The fourth-order valence-corrected chi connectivity index (χ4v) is 3.92. The Morgan fingerprint density at radius 3 is 2.54 bits per heavy atom. The van der Waals surface area contributed by atoms with Gasteiger partial charge in [-0.15, -0.1) is 0 Å². The molecule has 0 bridgehead atoms. The lowest BCUT2D eigenvalue weighted by Crippen LogP contribution is -2.22. The summed E-state index contributed by atoms with van der Waals surface area (Å²) in [6, 6.07) is 19.0. The predicted molar refractivity (Wildman–Crippen MR) is 128 cm³/mol. The molecule has 8 nitrogen and oxygen atoms in total. The number of carbonyl (C=O) groups excluding carboxylic acids is 1. The molecule has 0 amide bonds. The number of esters is 1. The topological polar surface area (TPSA) is 113 Å². The molecule has 0 fully saturated rings. The van der Waals surface area contributed by atoms with Crippen molar-refractivity contribution >= 4 is 17.6 Å². The highest BCUT2D eigenvalue weighted by Crippen LogP contribution is 2.46. The van der Waals surface area contributed by atoms with Crippen molar-refractivity contribution in [3.05, 3.63) is 88.3 Å². The largest absolute Gasteiger partial charge is 0.497 e. The van der Waals surface area contributed by atoms with E-state index in [2.05, 4.69) is 6.07 Å². The molecule has 0 radical (unpaired) electrons. The quantitative estimate of drug-likeness (QED) is 0.377. The number of rotatable bonds is 7. The van der Waals surface area contributed by atoms with Gasteiger partial charge in [-0.25, -0.2) is 4.79 Å². The third kappa shape index (κ3) is 5.10. The number of fused-ring (bicyclic) bond motifs is 1. The van der Waals surface area contributed by atoms with Crippen LogP contribution in [0.5, 0.6) is 28.7 Å². The molecule has 0 saturated carbocycles. The number of nitrogens with zero attached hydrogens (tertiary/aromatic N) is 1. The van der Waals surface area contributed by atoms with Gasteiger partial charge in [-0.3, -0.25) is 0 Å². The molecular weight excluding hydrogens is 472 g/mol. The molecule has 3 aromatic rings. The number of hydrogen-bond acceptors (Lipinski definition) is 8. The monoisotopic (exact) mass is 492 g/mol. The second-order valence-electron chi connectivity index (χ2n) is 7.45. The first-order valence-electron chi connectivity index (χ1n) is 10.5. The minimum atomic E-state index is -0.618. The van der Waals surface area contributed by atoms with Gasteiger partial charge in [-0.1, -0.05) is 23.7 Å². The van der Waals surface area contributed by atoms with Crippen molar-refractivity contribution < 1.29 is 28.5 Å². The van der Waals surface area contributed by atoms with Crippen LogP contribution in [-0.4, -0.2) is 26.8 Å². The van der Waals surface area contributed by atoms with Gasteiger partial charge in [-0.2, -0.15) is 5.26 Å². The highest BCUT2D eigenvalue weighted by molar-refractivity contribution is 6.30. The smallest absolute Gasteiger partial charge is 0.349 e. The summed E-state index contributed by atoms with van der Waals surface area (Å²) in [4.78, 5) is 12.3. The van der Waals surface area contributed by atoms with Crippen LogP contribution in [0.4, 0.5) is 0 Å². The Labute approximate surface area is 207 Å². The SMILES string of the molecule is COc1ccc(OC)c(C2C(C#N)=C(N)Oc3cc(OC(=O)COc4cccc(Cl)c4)ccc32)c1. The summed E-state index contributed by atoms with van der Waals surface area (Å²) in [6.07, 6.45) is 0. The summed E-state index contributed by atoms with van der Waals surface area (Å²) in [5, 5.41) is 10.3. The Kier molecular flexibility index (Phi) is 6.99. The maximum Gasteiger partial charge on any atom is 0.349 e. The number of halogens is 1. The Bertz CT molecular complexity index is 1350. The van der Waals surface area contributed by atoms with E-state index in [-0.39, 0.29) is 23.8 Å². The van der Waals surface area contributed by atoms with E-state index in [0.717, 1.165) is 0 Å².